The molecule has 0 saturated heterocycles. The Morgan fingerprint density at radius 2 is 1.95 bits per heavy atom. The van der Waals surface area contributed by atoms with Crippen LogP contribution in [0.3, 0.4) is 0 Å². The Bertz CT molecular complexity index is 614. The van der Waals surface area contributed by atoms with Crippen molar-refractivity contribution < 1.29 is 0 Å². The number of rotatable bonds is 4. The Hall–Kier alpha value is -2.10. The molecule has 0 amide bonds. The molecule has 2 rings (SSSR count). The maximum atomic E-state index is 11.9. The predicted octanol–water partition coefficient (Wildman–Crippen LogP) is 2.20. The van der Waals surface area contributed by atoms with E-state index in [-0.39, 0.29) is 5.56 Å². The molecule has 0 aliphatic rings. The molecule has 0 saturated carbocycles. The zero-order chi connectivity index (χ0) is 13.8. The standard InChI is InChI=1S/C15H19N3O/c1-3-4-12-14(16)17-13(18-15(12)19)9-11-7-5-10(2)6-8-11/h5-8H,3-4,9H2,1-2H3,(H3,16,17,18,19). The van der Waals surface area contributed by atoms with E-state index in [2.05, 4.69) is 9.97 Å². The van der Waals surface area contributed by atoms with Crippen molar-refractivity contribution >= 4 is 5.82 Å². The van der Waals surface area contributed by atoms with E-state index in [0.29, 0.717) is 30.0 Å². The zero-order valence-electron chi connectivity index (χ0n) is 11.4. The van der Waals surface area contributed by atoms with Gasteiger partial charge in [0.1, 0.15) is 11.6 Å². The molecule has 100 valence electrons. The molecule has 3 N–H and O–H groups in total. The topological polar surface area (TPSA) is 71.8 Å². The van der Waals surface area contributed by atoms with Gasteiger partial charge >= 0.3 is 0 Å². The lowest BCUT2D eigenvalue weighted by atomic mass is 10.1. The molecule has 0 atom stereocenters. The van der Waals surface area contributed by atoms with Crippen LogP contribution in [0.4, 0.5) is 5.82 Å². The lowest BCUT2D eigenvalue weighted by Crippen LogP contribution is -2.19. The number of aromatic amines is 1. The molecule has 0 fully saturated rings. The summed E-state index contributed by atoms with van der Waals surface area (Å²) in [5, 5.41) is 0. The third-order valence-electron chi connectivity index (χ3n) is 3.09. The van der Waals surface area contributed by atoms with Crippen molar-refractivity contribution in [2.24, 2.45) is 0 Å². The molecule has 1 aromatic heterocycles. The van der Waals surface area contributed by atoms with Crippen LogP contribution in [0, 0.1) is 6.92 Å². The number of hydrogen-bond acceptors (Lipinski definition) is 3. The van der Waals surface area contributed by atoms with Gasteiger partial charge in [0, 0.05) is 6.42 Å². The van der Waals surface area contributed by atoms with Gasteiger partial charge in [-0.2, -0.15) is 0 Å². The molecule has 0 unspecified atom stereocenters. The van der Waals surface area contributed by atoms with E-state index < -0.39 is 0 Å². The Morgan fingerprint density at radius 3 is 2.53 bits per heavy atom. The molecule has 0 aliphatic heterocycles. The summed E-state index contributed by atoms with van der Waals surface area (Å²) in [5.41, 5.74) is 8.65. The van der Waals surface area contributed by atoms with Crippen molar-refractivity contribution in [2.45, 2.75) is 33.1 Å². The van der Waals surface area contributed by atoms with Gasteiger partial charge in [0.2, 0.25) is 0 Å². The highest BCUT2D eigenvalue weighted by molar-refractivity contribution is 5.38. The lowest BCUT2D eigenvalue weighted by Gasteiger charge is -2.06. The van der Waals surface area contributed by atoms with Crippen LogP contribution in [0.15, 0.2) is 29.1 Å². The molecule has 1 heterocycles. The summed E-state index contributed by atoms with van der Waals surface area (Å²) in [4.78, 5) is 19.0. The minimum absolute atomic E-state index is 0.114. The fourth-order valence-corrected chi connectivity index (χ4v) is 2.04. The van der Waals surface area contributed by atoms with Gasteiger partial charge in [-0.15, -0.1) is 0 Å². The van der Waals surface area contributed by atoms with E-state index in [1.807, 2.05) is 38.1 Å². The van der Waals surface area contributed by atoms with Crippen LogP contribution in [-0.4, -0.2) is 9.97 Å². The molecular formula is C15H19N3O. The largest absolute Gasteiger partial charge is 0.383 e. The molecule has 19 heavy (non-hydrogen) atoms. The second-order valence-electron chi connectivity index (χ2n) is 4.79. The number of H-pyrrole nitrogens is 1. The number of nitrogens with one attached hydrogen (secondary N) is 1. The molecule has 2 aromatic rings. The van der Waals surface area contributed by atoms with Crippen molar-refractivity contribution in [2.75, 3.05) is 5.73 Å². The van der Waals surface area contributed by atoms with Crippen molar-refractivity contribution in [1.29, 1.82) is 0 Å². The van der Waals surface area contributed by atoms with E-state index >= 15 is 0 Å². The van der Waals surface area contributed by atoms with Crippen molar-refractivity contribution in [3.8, 4) is 0 Å². The van der Waals surface area contributed by atoms with E-state index in [0.717, 1.165) is 12.0 Å². The quantitative estimate of drug-likeness (QED) is 0.882. The van der Waals surface area contributed by atoms with Crippen LogP contribution in [0.5, 0.6) is 0 Å². The van der Waals surface area contributed by atoms with E-state index in [4.69, 9.17) is 5.73 Å². The minimum atomic E-state index is -0.114. The number of aromatic nitrogens is 2. The van der Waals surface area contributed by atoms with Crippen LogP contribution in [0.1, 0.15) is 35.9 Å². The van der Waals surface area contributed by atoms with Gasteiger partial charge in [0.25, 0.3) is 5.56 Å². The third kappa shape index (κ3) is 3.22. The molecule has 0 spiro atoms. The third-order valence-corrected chi connectivity index (χ3v) is 3.09. The van der Waals surface area contributed by atoms with Crippen molar-refractivity contribution in [3.05, 3.63) is 57.1 Å². The molecule has 0 radical (unpaired) electrons. The molecule has 0 aliphatic carbocycles. The number of benzene rings is 1. The Balaban J connectivity index is 2.27. The lowest BCUT2D eigenvalue weighted by molar-refractivity contribution is 0.862. The first-order valence-electron chi connectivity index (χ1n) is 6.53. The van der Waals surface area contributed by atoms with Crippen LogP contribution >= 0.6 is 0 Å². The SMILES string of the molecule is CCCc1c(N)nc(Cc2ccc(C)cc2)[nH]c1=O. The number of nitrogen functional groups attached to an aromatic ring is 1. The monoisotopic (exact) mass is 257 g/mol. The molecule has 0 bridgehead atoms. The van der Waals surface area contributed by atoms with Crippen molar-refractivity contribution in [3.63, 3.8) is 0 Å². The van der Waals surface area contributed by atoms with E-state index in [1.165, 1.54) is 5.56 Å². The second-order valence-corrected chi connectivity index (χ2v) is 4.79. The fraction of sp³-hybridized carbons (Fsp3) is 0.333. The minimum Gasteiger partial charge on any atom is -0.383 e. The van der Waals surface area contributed by atoms with Crippen molar-refractivity contribution in [1.82, 2.24) is 9.97 Å². The maximum absolute atomic E-state index is 11.9. The average molecular weight is 257 g/mol. The van der Waals surface area contributed by atoms with Gasteiger partial charge in [0.05, 0.1) is 5.56 Å². The van der Waals surface area contributed by atoms with Crippen LogP contribution in [0.25, 0.3) is 0 Å². The number of aryl methyl sites for hydroxylation is 1. The predicted molar refractivity (Wildman–Crippen MR) is 77.3 cm³/mol. The normalized spacial score (nSPS) is 10.6. The van der Waals surface area contributed by atoms with Gasteiger partial charge < -0.3 is 10.7 Å². The van der Waals surface area contributed by atoms with Gasteiger partial charge in [-0.05, 0) is 18.9 Å². The van der Waals surface area contributed by atoms with Gasteiger partial charge in [-0.25, -0.2) is 4.98 Å². The molecule has 4 heteroatoms. The average Bonchev–Trinajstić information content (AvgIpc) is 2.37. The highest BCUT2D eigenvalue weighted by Crippen LogP contribution is 2.10. The van der Waals surface area contributed by atoms with Crippen LogP contribution in [0.2, 0.25) is 0 Å². The summed E-state index contributed by atoms with van der Waals surface area (Å²) < 4.78 is 0. The van der Waals surface area contributed by atoms with Crippen LogP contribution in [-0.2, 0) is 12.8 Å². The molecular weight excluding hydrogens is 238 g/mol. The first-order valence-corrected chi connectivity index (χ1v) is 6.53. The molecule has 4 nitrogen and oxygen atoms in total. The summed E-state index contributed by atoms with van der Waals surface area (Å²) in [6.07, 6.45) is 2.14. The van der Waals surface area contributed by atoms with Gasteiger partial charge in [-0.1, -0.05) is 43.2 Å². The zero-order valence-corrected chi connectivity index (χ0v) is 11.4. The maximum Gasteiger partial charge on any atom is 0.256 e. The summed E-state index contributed by atoms with van der Waals surface area (Å²) in [7, 11) is 0. The summed E-state index contributed by atoms with van der Waals surface area (Å²) in [6.45, 7) is 4.06. The van der Waals surface area contributed by atoms with Gasteiger partial charge in [0.15, 0.2) is 0 Å². The Labute approximate surface area is 112 Å². The highest BCUT2D eigenvalue weighted by Gasteiger charge is 2.08. The summed E-state index contributed by atoms with van der Waals surface area (Å²) in [6, 6.07) is 8.15. The summed E-state index contributed by atoms with van der Waals surface area (Å²) >= 11 is 0. The second kappa shape index (κ2) is 5.69. The highest BCUT2D eigenvalue weighted by atomic mass is 16.1. The Kier molecular flexibility index (Phi) is 4.00. The first kappa shape index (κ1) is 13.3. The summed E-state index contributed by atoms with van der Waals surface area (Å²) in [5.74, 6) is 0.971. The number of nitrogens with two attached hydrogens (primary N) is 1. The smallest absolute Gasteiger partial charge is 0.256 e. The van der Waals surface area contributed by atoms with Gasteiger partial charge in [-0.3, -0.25) is 4.79 Å². The number of anilines is 1. The number of hydrogen-bond donors (Lipinski definition) is 2. The van der Waals surface area contributed by atoms with Crippen LogP contribution < -0.4 is 11.3 Å². The Morgan fingerprint density at radius 1 is 1.26 bits per heavy atom. The number of nitrogens with zero attached hydrogens (tertiary/aromatic N) is 1. The fourth-order valence-electron chi connectivity index (χ4n) is 2.04. The molecule has 1 aromatic carbocycles. The van der Waals surface area contributed by atoms with E-state index in [9.17, 15) is 4.79 Å². The first-order chi connectivity index (χ1) is 9.10. The van der Waals surface area contributed by atoms with E-state index in [1.54, 1.807) is 0 Å².